The van der Waals surface area contributed by atoms with Crippen LogP contribution in [-0.2, 0) is 6.42 Å². The van der Waals surface area contributed by atoms with E-state index in [1.165, 1.54) is 20.8 Å². The molecular formula is C18H17PS. The molecule has 0 saturated heterocycles. The van der Waals surface area contributed by atoms with Crippen LogP contribution in [0.3, 0.4) is 0 Å². The molecule has 3 rings (SSSR count). The summed E-state index contributed by atoms with van der Waals surface area (Å²) >= 11 is 1.88. The molecule has 2 heteroatoms. The molecule has 3 aromatic rings. The van der Waals surface area contributed by atoms with Gasteiger partial charge >= 0.3 is 0 Å². The maximum absolute atomic E-state index is 2.31. The lowest BCUT2D eigenvalue weighted by molar-refractivity contribution is 1.20. The monoisotopic (exact) mass is 296 g/mol. The van der Waals surface area contributed by atoms with Gasteiger partial charge in [-0.3, -0.25) is 0 Å². The van der Waals surface area contributed by atoms with E-state index in [1.807, 2.05) is 11.3 Å². The predicted octanol–water partition coefficient (Wildman–Crippen LogP) is 4.07. The lowest BCUT2D eigenvalue weighted by Gasteiger charge is -2.19. The molecule has 0 spiro atoms. The molecule has 0 amide bonds. The molecule has 0 radical (unpaired) electrons. The molecule has 20 heavy (non-hydrogen) atoms. The van der Waals surface area contributed by atoms with Gasteiger partial charge in [-0.1, -0.05) is 67.6 Å². The summed E-state index contributed by atoms with van der Waals surface area (Å²) < 4.78 is 0. The second-order valence-electron chi connectivity index (χ2n) is 4.59. The summed E-state index contributed by atoms with van der Waals surface area (Å²) in [6.07, 6.45) is 1.12. The average Bonchev–Trinajstić information content (AvgIpc) is 2.98. The fourth-order valence-electron chi connectivity index (χ4n) is 2.38. The Kier molecular flexibility index (Phi) is 4.30. The predicted molar refractivity (Wildman–Crippen MR) is 92.4 cm³/mol. The van der Waals surface area contributed by atoms with E-state index >= 15 is 0 Å². The molecule has 0 atom stereocenters. The summed E-state index contributed by atoms with van der Waals surface area (Å²) in [7, 11) is -0.425. The van der Waals surface area contributed by atoms with Crippen LogP contribution >= 0.6 is 19.3 Å². The molecule has 0 saturated carbocycles. The first-order valence-corrected chi connectivity index (χ1v) is 9.09. The smallest absolute Gasteiger partial charge is 0.0126 e. The van der Waals surface area contributed by atoms with Gasteiger partial charge in [-0.2, -0.15) is 0 Å². The minimum absolute atomic E-state index is 0.425. The van der Waals surface area contributed by atoms with Crippen LogP contribution in [0.5, 0.6) is 0 Å². The number of benzene rings is 2. The molecule has 0 nitrogen and oxygen atoms in total. The van der Waals surface area contributed by atoms with E-state index in [1.54, 1.807) is 0 Å². The Morgan fingerprint density at radius 3 is 1.85 bits per heavy atom. The van der Waals surface area contributed by atoms with E-state index in [0.717, 1.165) is 6.42 Å². The van der Waals surface area contributed by atoms with Crippen LogP contribution in [0.1, 0.15) is 11.8 Å². The van der Waals surface area contributed by atoms with Crippen molar-refractivity contribution in [2.24, 2.45) is 0 Å². The second kappa shape index (κ2) is 6.35. The SMILES string of the molecule is CCc1sccc1P(c1ccccc1)c1ccccc1. The molecule has 0 aliphatic heterocycles. The Labute approximate surface area is 125 Å². The highest BCUT2D eigenvalue weighted by atomic mass is 32.1. The van der Waals surface area contributed by atoms with E-state index in [4.69, 9.17) is 0 Å². The highest BCUT2D eigenvalue weighted by Crippen LogP contribution is 2.35. The Hall–Kier alpha value is -1.43. The molecule has 0 fully saturated rings. The first-order chi connectivity index (χ1) is 9.90. The Bertz CT molecular complexity index is 619. The van der Waals surface area contributed by atoms with Crippen LogP contribution in [0, 0.1) is 0 Å². The van der Waals surface area contributed by atoms with E-state index in [0.29, 0.717) is 0 Å². The van der Waals surface area contributed by atoms with E-state index < -0.39 is 7.92 Å². The van der Waals surface area contributed by atoms with Crippen molar-refractivity contribution in [3.63, 3.8) is 0 Å². The number of hydrogen-bond donors (Lipinski definition) is 0. The zero-order valence-corrected chi connectivity index (χ0v) is 13.2. The molecule has 100 valence electrons. The van der Waals surface area contributed by atoms with Crippen molar-refractivity contribution in [3.05, 3.63) is 77.0 Å². The van der Waals surface area contributed by atoms with Crippen molar-refractivity contribution in [2.45, 2.75) is 13.3 Å². The Balaban J connectivity index is 2.14. The zero-order chi connectivity index (χ0) is 13.8. The summed E-state index contributed by atoms with van der Waals surface area (Å²) in [5, 5.41) is 6.61. The molecule has 1 aromatic heterocycles. The fourth-order valence-corrected chi connectivity index (χ4v) is 6.06. The quantitative estimate of drug-likeness (QED) is 0.637. The molecule has 2 aromatic carbocycles. The maximum Gasteiger partial charge on any atom is 0.0126 e. The Morgan fingerprint density at radius 2 is 1.35 bits per heavy atom. The number of rotatable bonds is 4. The number of hydrogen-bond acceptors (Lipinski definition) is 1. The van der Waals surface area contributed by atoms with Gasteiger partial charge in [0.1, 0.15) is 0 Å². The van der Waals surface area contributed by atoms with Crippen LogP contribution < -0.4 is 15.9 Å². The lowest BCUT2D eigenvalue weighted by Crippen LogP contribution is -2.21. The van der Waals surface area contributed by atoms with Crippen LogP contribution in [-0.4, -0.2) is 0 Å². The second-order valence-corrected chi connectivity index (χ2v) is 7.78. The molecule has 1 heterocycles. The van der Waals surface area contributed by atoms with Gasteiger partial charge in [-0.15, -0.1) is 11.3 Å². The first kappa shape index (κ1) is 13.5. The summed E-state index contributed by atoms with van der Waals surface area (Å²) in [6, 6.07) is 24.1. The standard InChI is InChI=1S/C18H17PS/c1-2-18-17(13-14-20-18)19(15-9-5-3-6-10-15)16-11-7-4-8-12-16/h3-14H,2H2,1H3. The highest BCUT2D eigenvalue weighted by molar-refractivity contribution is 7.80. The summed E-state index contributed by atoms with van der Waals surface area (Å²) in [5.74, 6) is 0. The molecular weight excluding hydrogens is 279 g/mol. The van der Waals surface area contributed by atoms with Crippen LogP contribution in [0.15, 0.2) is 72.1 Å². The van der Waals surface area contributed by atoms with Crippen molar-refractivity contribution in [1.29, 1.82) is 0 Å². The third-order valence-electron chi connectivity index (χ3n) is 3.31. The highest BCUT2D eigenvalue weighted by Gasteiger charge is 2.19. The molecule has 0 bridgehead atoms. The summed E-state index contributed by atoms with van der Waals surface area (Å²) in [4.78, 5) is 1.52. The summed E-state index contributed by atoms with van der Waals surface area (Å²) in [6.45, 7) is 2.25. The van der Waals surface area contributed by atoms with Crippen molar-refractivity contribution in [3.8, 4) is 0 Å². The first-order valence-electron chi connectivity index (χ1n) is 6.86. The van der Waals surface area contributed by atoms with Gasteiger partial charge in [0.15, 0.2) is 0 Å². The minimum atomic E-state index is -0.425. The topological polar surface area (TPSA) is 0 Å². The van der Waals surface area contributed by atoms with Crippen molar-refractivity contribution in [2.75, 3.05) is 0 Å². The van der Waals surface area contributed by atoms with Gasteiger partial charge in [0.25, 0.3) is 0 Å². The van der Waals surface area contributed by atoms with Gasteiger partial charge in [-0.25, -0.2) is 0 Å². The average molecular weight is 296 g/mol. The van der Waals surface area contributed by atoms with Gasteiger partial charge < -0.3 is 0 Å². The van der Waals surface area contributed by atoms with E-state index in [9.17, 15) is 0 Å². The van der Waals surface area contributed by atoms with Crippen LogP contribution in [0.2, 0.25) is 0 Å². The normalized spacial score (nSPS) is 10.9. The molecule has 0 N–H and O–H groups in total. The largest absolute Gasteiger partial charge is 0.148 e. The maximum atomic E-state index is 2.31. The van der Waals surface area contributed by atoms with E-state index in [2.05, 4.69) is 79.0 Å². The third-order valence-corrected chi connectivity index (χ3v) is 7.06. The minimum Gasteiger partial charge on any atom is -0.148 e. The van der Waals surface area contributed by atoms with Crippen molar-refractivity contribution in [1.82, 2.24) is 0 Å². The molecule has 0 unspecified atom stereocenters. The van der Waals surface area contributed by atoms with Crippen molar-refractivity contribution < 1.29 is 0 Å². The number of thiophene rings is 1. The number of aryl methyl sites for hydroxylation is 1. The van der Waals surface area contributed by atoms with Gasteiger partial charge in [0.05, 0.1) is 0 Å². The fraction of sp³-hybridized carbons (Fsp3) is 0.111. The third kappa shape index (κ3) is 2.70. The van der Waals surface area contributed by atoms with Crippen LogP contribution in [0.4, 0.5) is 0 Å². The van der Waals surface area contributed by atoms with Gasteiger partial charge in [0.2, 0.25) is 0 Å². The lowest BCUT2D eigenvalue weighted by atomic mass is 10.4. The molecule has 0 aliphatic carbocycles. The van der Waals surface area contributed by atoms with Gasteiger partial charge in [-0.05, 0) is 41.7 Å². The van der Waals surface area contributed by atoms with Crippen molar-refractivity contribution >= 4 is 35.2 Å². The zero-order valence-electron chi connectivity index (χ0n) is 11.5. The van der Waals surface area contributed by atoms with Crippen LogP contribution in [0.25, 0.3) is 0 Å². The Morgan fingerprint density at radius 1 is 0.800 bits per heavy atom. The summed E-state index contributed by atoms with van der Waals surface area (Å²) in [5.41, 5.74) is 0. The van der Waals surface area contributed by atoms with E-state index in [-0.39, 0.29) is 0 Å². The van der Waals surface area contributed by atoms with Gasteiger partial charge in [0, 0.05) is 4.88 Å². The molecule has 0 aliphatic rings.